The van der Waals surface area contributed by atoms with Crippen LogP contribution in [0.4, 0.5) is 0 Å². The fraction of sp³-hybridized carbons (Fsp3) is 1.00. The molecule has 0 aliphatic carbocycles. The summed E-state index contributed by atoms with van der Waals surface area (Å²) in [5.74, 6) is 2.42. The van der Waals surface area contributed by atoms with Gasteiger partial charge in [0.1, 0.15) is 0 Å². The minimum absolute atomic E-state index is 0.372. The van der Waals surface area contributed by atoms with E-state index in [0.717, 1.165) is 33.5 Å². The first-order valence-corrected chi connectivity index (χ1v) is 9.53. The van der Waals surface area contributed by atoms with Crippen LogP contribution in [0.3, 0.4) is 0 Å². The zero-order valence-electron chi connectivity index (χ0n) is 13.7. The van der Waals surface area contributed by atoms with Crippen LogP contribution in [-0.2, 0) is 0 Å². The smallest absolute Gasteiger partial charge is 0.200 e. The third-order valence-electron chi connectivity index (χ3n) is 3.08. The number of aliphatic hydroxyl groups excluding tert-OH is 1. The zero-order valence-corrected chi connectivity index (χ0v) is 14.9. The molecule has 1 radical (unpaired) electrons. The third-order valence-corrected chi connectivity index (χ3v) is 5.63. The van der Waals surface area contributed by atoms with Crippen LogP contribution in [0, 0.1) is 17.8 Å². The van der Waals surface area contributed by atoms with Gasteiger partial charge in [0.2, 0.25) is 15.2 Å². The van der Waals surface area contributed by atoms with Crippen LogP contribution in [-0.4, -0.2) is 26.9 Å². The van der Waals surface area contributed by atoms with Gasteiger partial charge < -0.3 is 5.11 Å². The molecule has 0 aromatic heterocycles. The summed E-state index contributed by atoms with van der Waals surface area (Å²) in [6, 6.07) is 0. The largest absolute Gasteiger partial charge is 0.396 e. The van der Waals surface area contributed by atoms with Crippen LogP contribution in [0.25, 0.3) is 0 Å². The van der Waals surface area contributed by atoms with Crippen LogP contribution in [0.5, 0.6) is 0 Å². The highest BCUT2D eigenvalue weighted by Crippen LogP contribution is 2.10. The van der Waals surface area contributed by atoms with Crippen LogP contribution in [0.1, 0.15) is 67.2 Å². The maximum Gasteiger partial charge on any atom is 0.200 e. The average molecular weight is 271 g/mol. The van der Waals surface area contributed by atoms with Crippen LogP contribution >= 0.6 is 0 Å². The van der Waals surface area contributed by atoms with Crippen LogP contribution in [0.2, 0.25) is 10.6 Å². The van der Waals surface area contributed by atoms with Gasteiger partial charge in [-0.25, -0.2) is 0 Å². The fourth-order valence-corrected chi connectivity index (χ4v) is 3.21. The van der Waals surface area contributed by atoms with Crippen molar-refractivity contribution in [1.29, 1.82) is 0 Å². The molecule has 1 unspecified atom stereocenters. The van der Waals surface area contributed by atoms with Gasteiger partial charge in [0.25, 0.3) is 0 Å². The molecule has 0 aliphatic heterocycles. The quantitative estimate of drug-likeness (QED) is 0.583. The maximum absolute atomic E-state index is 8.75. The van der Waals surface area contributed by atoms with E-state index in [4.69, 9.17) is 5.11 Å². The van der Waals surface area contributed by atoms with Gasteiger partial charge in [-0.2, -0.15) is 0 Å². The van der Waals surface area contributed by atoms with Crippen LogP contribution < -0.4 is 0 Å². The lowest BCUT2D eigenvalue weighted by molar-refractivity contribution is 0.212. The summed E-state index contributed by atoms with van der Waals surface area (Å²) in [5.41, 5.74) is 0. The molecule has 2 heteroatoms. The van der Waals surface area contributed by atoms with Gasteiger partial charge in [-0.1, -0.05) is 72.6 Å². The molecule has 0 saturated carbocycles. The second kappa shape index (κ2) is 15.5. The Kier molecular flexibility index (Phi) is 18.0. The van der Waals surface area contributed by atoms with Gasteiger partial charge in [-0.05, 0) is 12.3 Å². The van der Waals surface area contributed by atoms with E-state index in [9.17, 15) is 0 Å². The van der Waals surface area contributed by atoms with Gasteiger partial charge in [0.05, 0.1) is 0 Å². The average Bonchev–Trinajstić information content (AvgIpc) is 2.30. The fourth-order valence-electron chi connectivity index (χ4n) is 1.68. The Morgan fingerprint density at radius 1 is 0.944 bits per heavy atom. The van der Waals surface area contributed by atoms with Crippen molar-refractivity contribution in [2.24, 2.45) is 17.8 Å². The number of aliphatic hydroxyl groups is 1. The van der Waals surface area contributed by atoms with Crippen molar-refractivity contribution in [3.05, 3.63) is 0 Å². The van der Waals surface area contributed by atoms with Crippen molar-refractivity contribution in [3.8, 4) is 0 Å². The van der Waals surface area contributed by atoms with E-state index >= 15 is 0 Å². The molecule has 1 nitrogen and oxygen atoms in total. The number of hydrogen-bond donors (Lipinski definition) is 1. The Morgan fingerprint density at radius 2 is 1.44 bits per heavy atom. The highest BCUT2D eigenvalue weighted by molar-refractivity contribution is 6.35. The Balaban J connectivity index is 0. The Bertz CT molecular complexity index is 134. The molecular formula is C16H36AlO. The third kappa shape index (κ3) is 18.8. The normalized spacial score (nSPS) is 12.3. The molecule has 0 heterocycles. The van der Waals surface area contributed by atoms with Crippen molar-refractivity contribution in [3.63, 3.8) is 0 Å². The molecule has 18 heavy (non-hydrogen) atoms. The molecule has 0 fully saturated rings. The second-order valence-electron chi connectivity index (χ2n) is 6.15. The minimum atomic E-state index is 0.372. The molecule has 0 aromatic rings. The monoisotopic (exact) mass is 271 g/mol. The first kappa shape index (κ1) is 20.8. The van der Waals surface area contributed by atoms with E-state index in [0.29, 0.717) is 12.5 Å². The van der Waals surface area contributed by atoms with E-state index < -0.39 is 0 Å². The maximum atomic E-state index is 8.75. The number of rotatable bonds is 9. The van der Waals surface area contributed by atoms with Crippen LogP contribution in [0.15, 0.2) is 0 Å². The molecule has 0 saturated heterocycles. The lowest BCUT2D eigenvalue weighted by atomic mass is 10.0. The highest BCUT2D eigenvalue weighted by atomic mass is 27.1. The predicted molar refractivity (Wildman–Crippen MR) is 85.4 cm³/mol. The van der Waals surface area contributed by atoms with E-state index in [-0.39, 0.29) is 0 Å². The van der Waals surface area contributed by atoms with Gasteiger partial charge in [0, 0.05) is 6.61 Å². The molecule has 0 aromatic carbocycles. The molecular weight excluding hydrogens is 235 g/mol. The highest BCUT2D eigenvalue weighted by Gasteiger charge is 2.01. The van der Waals surface area contributed by atoms with Crippen molar-refractivity contribution >= 4 is 15.2 Å². The Morgan fingerprint density at radius 3 is 1.72 bits per heavy atom. The minimum Gasteiger partial charge on any atom is -0.396 e. The Labute approximate surface area is 122 Å². The molecule has 0 aliphatic rings. The molecule has 0 bridgehead atoms. The standard InChI is InChI=1S/C8H18O.2C4H9.Al/c1-3-5-6-8(4-2)7-9;2*1-4(2)3;/h8-9H,3-7H2,1-2H3;2*4H,1H2,2-3H3;. The van der Waals surface area contributed by atoms with Gasteiger partial charge >= 0.3 is 0 Å². The second-order valence-corrected chi connectivity index (χ2v) is 7.67. The number of unbranched alkanes of at least 4 members (excludes halogenated alkanes) is 1. The summed E-state index contributed by atoms with van der Waals surface area (Å²) in [4.78, 5) is 0. The van der Waals surface area contributed by atoms with E-state index in [1.807, 2.05) is 0 Å². The summed E-state index contributed by atoms with van der Waals surface area (Å²) < 4.78 is 0. The molecule has 1 atom stereocenters. The van der Waals surface area contributed by atoms with E-state index in [2.05, 4.69) is 41.5 Å². The summed E-state index contributed by atoms with van der Waals surface area (Å²) in [6.07, 6.45) is 4.83. The first-order valence-electron chi connectivity index (χ1n) is 7.90. The van der Waals surface area contributed by atoms with Gasteiger partial charge in [-0.15, -0.1) is 10.6 Å². The van der Waals surface area contributed by atoms with Crippen molar-refractivity contribution in [2.45, 2.75) is 77.8 Å². The summed E-state index contributed by atoms with van der Waals surface area (Å²) >= 11 is 0.755. The van der Waals surface area contributed by atoms with E-state index in [1.54, 1.807) is 0 Å². The predicted octanol–water partition coefficient (Wildman–Crippen LogP) is 5.03. The molecule has 0 spiro atoms. The lowest BCUT2D eigenvalue weighted by Crippen LogP contribution is -2.03. The first-order chi connectivity index (χ1) is 8.47. The van der Waals surface area contributed by atoms with Gasteiger partial charge in [-0.3, -0.25) is 0 Å². The zero-order chi connectivity index (χ0) is 14.4. The van der Waals surface area contributed by atoms with Crippen molar-refractivity contribution in [1.82, 2.24) is 0 Å². The molecule has 0 amide bonds. The topological polar surface area (TPSA) is 20.2 Å². The molecule has 109 valence electrons. The SMILES string of the molecule is CC(C)[CH2][Al][CH2]C(C)C.CCCCC(CC)CO. The lowest BCUT2D eigenvalue weighted by Gasteiger charge is -2.08. The van der Waals surface area contributed by atoms with E-state index in [1.165, 1.54) is 29.8 Å². The van der Waals surface area contributed by atoms with Crippen molar-refractivity contribution in [2.75, 3.05) is 6.61 Å². The Hall–Kier alpha value is 0.492. The summed E-state index contributed by atoms with van der Waals surface area (Å²) in [7, 11) is 0. The summed E-state index contributed by atoms with van der Waals surface area (Å²) in [6.45, 7) is 13.9. The van der Waals surface area contributed by atoms with Crippen molar-refractivity contribution < 1.29 is 5.11 Å². The molecule has 1 N–H and O–H groups in total. The summed E-state index contributed by atoms with van der Waals surface area (Å²) in [5, 5.41) is 11.7. The molecule has 0 rings (SSSR count). The number of hydrogen-bond acceptors (Lipinski definition) is 1. The van der Waals surface area contributed by atoms with Gasteiger partial charge in [0.15, 0.2) is 0 Å².